The van der Waals surface area contributed by atoms with Crippen LogP contribution in [-0.2, 0) is 4.84 Å². The summed E-state index contributed by atoms with van der Waals surface area (Å²) in [6, 6.07) is 10.2. The molecule has 386 valence electrons. The van der Waals surface area contributed by atoms with E-state index < -0.39 is 0 Å². The molecule has 1 saturated heterocycles. The van der Waals surface area contributed by atoms with Crippen molar-refractivity contribution >= 4 is 43.3 Å². The molecule has 4 rings (SSSR count). The van der Waals surface area contributed by atoms with Gasteiger partial charge in [-0.3, -0.25) is 15.0 Å². The zero-order valence-corrected chi connectivity index (χ0v) is 45.9. The minimum absolute atomic E-state index is 0.0231. The third kappa shape index (κ3) is 49.2. The van der Waals surface area contributed by atoms with Crippen LogP contribution >= 0.6 is 0 Å². The summed E-state index contributed by atoms with van der Waals surface area (Å²) in [7, 11) is 0. The van der Waals surface area contributed by atoms with E-state index >= 15 is 0 Å². The van der Waals surface area contributed by atoms with Crippen LogP contribution < -0.4 is 15.6 Å². The Morgan fingerprint density at radius 2 is 1.22 bits per heavy atom. The van der Waals surface area contributed by atoms with E-state index in [1.165, 1.54) is 38.5 Å². The number of benzene rings is 1. The van der Waals surface area contributed by atoms with Crippen molar-refractivity contribution in [2.75, 3.05) is 45.8 Å². The first-order chi connectivity index (χ1) is 31.6. The van der Waals surface area contributed by atoms with Gasteiger partial charge in [-0.05, 0) is 114 Å². The molecule has 2 saturated carbocycles. The molecule has 1 aromatic carbocycles. The van der Waals surface area contributed by atoms with Gasteiger partial charge in [0.25, 0.3) is 0 Å². The van der Waals surface area contributed by atoms with Gasteiger partial charge in [0.2, 0.25) is 0 Å². The molecule has 1 heterocycles. The molecule has 2 N–H and O–H groups in total. The maximum atomic E-state index is 11.9. The number of piperazine rings is 1. The van der Waals surface area contributed by atoms with E-state index in [0.29, 0.717) is 47.7 Å². The van der Waals surface area contributed by atoms with Crippen LogP contribution in [-0.4, -0.2) is 122 Å². The third-order valence-corrected chi connectivity index (χ3v) is 8.42. The Labute approximate surface area is 411 Å². The Balaban J connectivity index is 0. The fraction of sp³-hybridized carbons (Fsp3) is 0.755. The van der Waals surface area contributed by atoms with Gasteiger partial charge in [-0.15, -0.1) is 0 Å². The van der Waals surface area contributed by atoms with Crippen molar-refractivity contribution < 1.29 is 14.5 Å². The van der Waals surface area contributed by atoms with Crippen LogP contribution in [0.4, 0.5) is 4.79 Å². The number of nitrogens with one attached hydrogen (secondary N) is 2. The predicted molar refractivity (Wildman–Crippen MR) is 291 cm³/mol. The van der Waals surface area contributed by atoms with Crippen LogP contribution in [0.25, 0.3) is 0 Å². The topological polar surface area (TPSA) is 143 Å². The second-order valence-corrected chi connectivity index (χ2v) is 20.1. The zero-order valence-electron chi connectivity index (χ0n) is 45.9. The molecule has 3 fully saturated rings. The molecule has 1 aliphatic heterocycles. The Kier molecular flexibility index (Phi) is 39.1. The Morgan fingerprint density at radius 3 is 1.67 bits per heavy atom. The molecule has 0 unspecified atom stereocenters. The van der Waals surface area contributed by atoms with E-state index in [-0.39, 0.29) is 11.6 Å². The minimum Gasteiger partial charge on any atom is -0.393 e. The molecule has 1 aromatic rings. The van der Waals surface area contributed by atoms with E-state index in [9.17, 15) is 4.79 Å². The average molecular weight is 940 g/mol. The fourth-order valence-electron chi connectivity index (χ4n) is 4.41. The molecule has 14 heteroatoms. The first kappa shape index (κ1) is 64.6. The minimum atomic E-state index is -0.177. The molecule has 0 bridgehead atoms. The second kappa shape index (κ2) is 40.6. The average Bonchev–Trinajstić information content (AvgIpc) is 4.21. The zero-order chi connectivity index (χ0) is 51.0. The number of hydrogen-bond acceptors (Lipinski definition) is 12. The number of oxime groups is 2. The lowest BCUT2D eigenvalue weighted by molar-refractivity contribution is 0.129. The highest BCUT2D eigenvalue weighted by atomic mass is 16.6. The molecular weight excluding hydrogens is 839 g/mol. The molecule has 67 heavy (non-hydrogen) atoms. The number of nitrogens with zero attached hydrogens (tertiary/aromatic N) is 9. The first-order valence-electron chi connectivity index (χ1n) is 25.5. The maximum absolute atomic E-state index is 11.9. The lowest BCUT2D eigenvalue weighted by Crippen LogP contribution is -2.54. The summed E-state index contributed by atoms with van der Waals surface area (Å²) in [5.41, 5.74) is 2.88. The van der Waals surface area contributed by atoms with Crippen LogP contribution in [0, 0.1) is 35.5 Å². The van der Waals surface area contributed by atoms with Gasteiger partial charge in [-0.2, -0.15) is 15.3 Å². The largest absolute Gasteiger partial charge is 0.393 e. The standard InChI is InChI=1S/C13H26N4O.C10H13NO.C8H18N2.C8H17N.C7H14N2.C7H13NO/c1-11(2)10-14-17-8-6-16(7-9-17)12(18)15-13(3,4)5;1-9(2)8-11-12-10-6-4-3-5-7-10;1-5-10(6-2)9-7-8(3)4;1-4-5-6-9-7-8(2)3;2*1-6(2)5-8-9-7-3-4-7/h10-11H,6-9H2,1-5H3,(H,15,18);3-9H,1-2H3;7-8H,5-6H2,1-4H3;7-8H,4-6H2,1-3H3;5-7,9H,3-4H2,1-2H3;5-7H,3-4H2,1-2H3/b14-10+;11-8+;9-7+;;2*8-5+. The molecular formula is C53H101N11O3. The van der Waals surface area contributed by atoms with E-state index in [1.807, 2.05) is 97.1 Å². The van der Waals surface area contributed by atoms with Gasteiger partial charge in [0.1, 0.15) is 6.10 Å². The highest BCUT2D eigenvalue weighted by molar-refractivity contribution is 5.75. The summed E-state index contributed by atoms with van der Waals surface area (Å²) >= 11 is 0. The maximum Gasteiger partial charge on any atom is 0.317 e. The summed E-state index contributed by atoms with van der Waals surface area (Å²) in [5, 5.41) is 27.4. The van der Waals surface area contributed by atoms with Crippen LogP contribution in [0.1, 0.15) is 163 Å². The highest BCUT2D eigenvalue weighted by Gasteiger charge is 2.24. The van der Waals surface area contributed by atoms with Crippen molar-refractivity contribution in [2.24, 2.45) is 66.1 Å². The van der Waals surface area contributed by atoms with E-state index in [1.54, 1.807) is 6.21 Å². The van der Waals surface area contributed by atoms with Gasteiger partial charge in [0, 0.05) is 81.6 Å². The SMILES string of the molecule is CC(C)/C=N/N1CCN(C(=O)NC(C)(C)C)CC1.CC(C)/C=N/NC1CC1.CC(C)/C=N/OC1CC1.CC(C)/C=N/Oc1ccccc1.CCCCN=CC(C)C.CCN(CC)/N=C/C(C)C. The number of hydrazone groups is 3. The molecule has 2 amide bonds. The molecule has 3 aliphatic rings. The lowest BCUT2D eigenvalue weighted by atomic mass is 10.1. The number of urea groups is 1. The normalized spacial score (nSPS) is 15.2. The van der Waals surface area contributed by atoms with Crippen molar-refractivity contribution in [1.82, 2.24) is 25.7 Å². The summed E-state index contributed by atoms with van der Waals surface area (Å²) < 4.78 is 0. The van der Waals surface area contributed by atoms with Gasteiger partial charge < -0.3 is 25.3 Å². The quantitative estimate of drug-likeness (QED) is 0.0803. The summed E-state index contributed by atoms with van der Waals surface area (Å²) in [6.45, 7) is 43.8. The number of rotatable bonds is 19. The molecule has 0 aromatic heterocycles. The Hall–Kier alpha value is -4.49. The van der Waals surface area contributed by atoms with Crippen molar-refractivity contribution in [1.29, 1.82) is 0 Å². The summed E-state index contributed by atoms with van der Waals surface area (Å²) in [4.78, 5) is 28.2. The number of hydrogen-bond donors (Lipinski definition) is 2. The number of carbonyl (C=O) groups excluding carboxylic acids is 1. The van der Waals surface area contributed by atoms with Crippen molar-refractivity contribution in [3.8, 4) is 5.75 Å². The Morgan fingerprint density at radius 1 is 0.701 bits per heavy atom. The monoisotopic (exact) mass is 940 g/mol. The number of carbonyl (C=O) groups is 1. The van der Waals surface area contributed by atoms with Gasteiger partial charge in [-0.25, -0.2) is 4.79 Å². The van der Waals surface area contributed by atoms with Gasteiger partial charge in [0.05, 0.1) is 13.1 Å². The highest BCUT2D eigenvalue weighted by Crippen LogP contribution is 2.23. The van der Waals surface area contributed by atoms with Crippen molar-refractivity contribution in [3.63, 3.8) is 0 Å². The predicted octanol–water partition coefficient (Wildman–Crippen LogP) is 12.1. The van der Waals surface area contributed by atoms with Crippen molar-refractivity contribution in [3.05, 3.63) is 30.3 Å². The van der Waals surface area contributed by atoms with Crippen molar-refractivity contribution in [2.45, 2.75) is 181 Å². The van der Waals surface area contributed by atoms with Crippen LogP contribution in [0.3, 0.4) is 0 Å². The van der Waals surface area contributed by atoms with Crippen LogP contribution in [0.15, 0.2) is 60.9 Å². The summed E-state index contributed by atoms with van der Waals surface area (Å²) in [6.07, 6.45) is 19.4. The molecule has 14 nitrogen and oxygen atoms in total. The molecule has 2 aliphatic carbocycles. The molecule has 0 atom stereocenters. The Bertz CT molecular complexity index is 1440. The van der Waals surface area contributed by atoms with E-state index in [2.05, 4.69) is 145 Å². The van der Waals surface area contributed by atoms with E-state index in [0.717, 1.165) is 51.6 Å². The number of aliphatic imine (C=N–C) groups is 1. The first-order valence-corrected chi connectivity index (χ1v) is 25.5. The third-order valence-electron chi connectivity index (χ3n) is 8.42. The van der Waals surface area contributed by atoms with Gasteiger partial charge in [0.15, 0.2) is 5.75 Å². The number of para-hydroxylation sites is 1. The van der Waals surface area contributed by atoms with Gasteiger partial charge >= 0.3 is 6.03 Å². The van der Waals surface area contributed by atoms with Gasteiger partial charge in [-0.1, -0.05) is 125 Å². The second-order valence-electron chi connectivity index (χ2n) is 20.1. The smallest absolute Gasteiger partial charge is 0.317 e. The fourth-order valence-corrected chi connectivity index (χ4v) is 4.41. The number of unbranched alkanes of at least 4 members (excludes halogenated alkanes) is 1. The number of amides is 2. The lowest BCUT2D eigenvalue weighted by Gasteiger charge is -2.35. The molecule has 0 spiro atoms. The van der Waals surface area contributed by atoms with E-state index in [4.69, 9.17) is 9.68 Å². The summed E-state index contributed by atoms with van der Waals surface area (Å²) in [5.74, 6) is 3.90. The van der Waals surface area contributed by atoms with Crippen LogP contribution in [0.2, 0.25) is 0 Å². The molecule has 0 radical (unpaired) electrons. The van der Waals surface area contributed by atoms with Crippen LogP contribution in [0.5, 0.6) is 5.75 Å².